The lowest BCUT2D eigenvalue weighted by Gasteiger charge is -2.34. The normalized spacial score (nSPS) is 27.4. The Kier molecular flexibility index (Phi) is 7.12. The molecule has 2 aliphatic rings. The number of rotatable bonds is 3. The first-order chi connectivity index (χ1) is 11.2. The van der Waals surface area contributed by atoms with Gasteiger partial charge in [0.15, 0.2) is 0 Å². The molecular formula is C20H31ClN2O. The van der Waals surface area contributed by atoms with Gasteiger partial charge in [0.1, 0.15) is 0 Å². The van der Waals surface area contributed by atoms with Gasteiger partial charge in [-0.3, -0.25) is 4.79 Å². The number of likely N-dealkylation sites (tertiary alicyclic amines) is 1. The molecule has 0 radical (unpaired) electrons. The van der Waals surface area contributed by atoms with Gasteiger partial charge in [-0.05, 0) is 50.6 Å². The SMILES string of the molecule is Cc1cccc(C2CCCCCN2C(=O)[C@@H]2CCC[C@@H]2CN)c1.Cl. The van der Waals surface area contributed by atoms with Crippen LogP contribution in [0.3, 0.4) is 0 Å². The Balaban J connectivity index is 0.00000208. The molecule has 2 N–H and O–H groups in total. The average Bonchev–Trinajstić information content (AvgIpc) is 2.90. The molecule has 24 heavy (non-hydrogen) atoms. The maximum Gasteiger partial charge on any atom is 0.226 e. The highest BCUT2D eigenvalue weighted by Gasteiger charge is 2.37. The molecule has 1 aliphatic heterocycles. The summed E-state index contributed by atoms with van der Waals surface area (Å²) in [6.45, 7) is 3.69. The largest absolute Gasteiger partial charge is 0.335 e. The van der Waals surface area contributed by atoms with E-state index in [0.717, 1.165) is 38.6 Å². The van der Waals surface area contributed by atoms with Gasteiger partial charge in [-0.25, -0.2) is 0 Å². The topological polar surface area (TPSA) is 46.3 Å². The third-order valence-electron chi connectivity index (χ3n) is 5.74. The molecule has 2 fully saturated rings. The van der Waals surface area contributed by atoms with Crippen LogP contribution in [-0.2, 0) is 4.79 Å². The number of carbonyl (C=O) groups is 1. The number of amides is 1. The van der Waals surface area contributed by atoms with Crippen molar-refractivity contribution in [1.82, 2.24) is 4.90 Å². The zero-order valence-electron chi connectivity index (χ0n) is 14.7. The van der Waals surface area contributed by atoms with E-state index in [2.05, 4.69) is 36.1 Å². The standard InChI is InChI=1S/C20H30N2O.ClH/c1-15-7-5-8-16(13-15)19-11-3-2-4-12-22(19)20(23)18-10-6-9-17(18)14-21;/h5,7-8,13,17-19H,2-4,6,9-12,14,21H2,1H3;1H/t17-,18-,19?;/m1./s1. The summed E-state index contributed by atoms with van der Waals surface area (Å²) in [5, 5.41) is 0. The molecule has 3 nitrogen and oxygen atoms in total. The first kappa shape index (κ1) is 19.3. The molecular weight excluding hydrogens is 320 g/mol. The van der Waals surface area contributed by atoms with E-state index < -0.39 is 0 Å². The highest BCUT2D eigenvalue weighted by molar-refractivity contribution is 5.85. The lowest BCUT2D eigenvalue weighted by atomic mass is 9.92. The number of hydrogen-bond acceptors (Lipinski definition) is 2. The molecule has 1 saturated heterocycles. The Bertz CT molecular complexity index is 548. The van der Waals surface area contributed by atoms with Crippen molar-refractivity contribution in [3.63, 3.8) is 0 Å². The van der Waals surface area contributed by atoms with Crippen LogP contribution in [0, 0.1) is 18.8 Å². The molecule has 1 aromatic carbocycles. The molecule has 1 aliphatic carbocycles. The minimum absolute atomic E-state index is 0. The van der Waals surface area contributed by atoms with Crippen molar-refractivity contribution in [2.45, 2.75) is 57.9 Å². The van der Waals surface area contributed by atoms with Gasteiger partial charge < -0.3 is 10.6 Å². The van der Waals surface area contributed by atoms with Gasteiger partial charge in [0, 0.05) is 12.5 Å². The third-order valence-corrected chi connectivity index (χ3v) is 5.74. The second-order valence-corrected chi connectivity index (χ2v) is 7.34. The number of benzene rings is 1. The van der Waals surface area contributed by atoms with E-state index in [1.54, 1.807) is 0 Å². The third kappa shape index (κ3) is 4.12. The molecule has 1 aromatic rings. The molecule has 0 bridgehead atoms. The Morgan fingerprint density at radius 2 is 2.00 bits per heavy atom. The second kappa shape index (κ2) is 8.87. The number of nitrogens with zero attached hydrogens (tertiary/aromatic N) is 1. The van der Waals surface area contributed by atoms with E-state index in [1.165, 1.54) is 24.0 Å². The molecule has 1 saturated carbocycles. The summed E-state index contributed by atoms with van der Waals surface area (Å²) in [5.74, 6) is 0.917. The monoisotopic (exact) mass is 350 g/mol. The van der Waals surface area contributed by atoms with Crippen molar-refractivity contribution in [3.05, 3.63) is 35.4 Å². The van der Waals surface area contributed by atoms with Crippen molar-refractivity contribution in [3.8, 4) is 0 Å². The van der Waals surface area contributed by atoms with Crippen molar-refractivity contribution in [2.24, 2.45) is 17.6 Å². The van der Waals surface area contributed by atoms with Crippen molar-refractivity contribution < 1.29 is 4.79 Å². The Hall–Kier alpha value is -1.06. The fraction of sp³-hybridized carbons (Fsp3) is 0.650. The smallest absolute Gasteiger partial charge is 0.226 e. The number of halogens is 1. The van der Waals surface area contributed by atoms with Gasteiger partial charge in [-0.2, -0.15) is 0 Å². The van der Waals surface area contributed by atoms with Crippen molar-refractivity contribution in [2.75, 3.05) is 13.1 Å². The molecule has 0 aromatic heterocycles. The van der Waals surface area contributed by atoms with Crippen LogP contribution >= 0.6 is 12.4 Å². The molecule has 1 amide bonds. The van der Waals surface area contributed by atoms with Crippen LogP contribution in [0.15, 0.2) is 24.3 Å². The van der Waals surface area contributed by atoms with Crippen LogP contribution in [-0.4, -0.2) is 23.9 Å². The summed E-state index contributed by atoms with van der Waals surface area (Å²) in [6.07, 6.45) is 7.97. The van der Waals surface area contributed by atoms with Crippen LogP contribution < -0.4 is 5.73 Å². The van der Waals surface area contributed by atoms with E-state index in [4.69, 9.17) is 5.73 Å². The molecule has 1 unspecified atom stereocenters. The predicted octanol–water partition coefficient (Wildman–Crippen LogP) is 4.24. The van der Waals surface area contributed by atoms with Gasteiger partial charge in [0.05, 0.1) is 6.04 Å². The first-order valence-electron chi connectivity index (χ1n) is 9.28. The van der Waals surface area contributed by atoms with Gasteiger partial charge in [-0.15, -0.1) is 12.4 Å². The molecule has 3 rings (SSSR count). The summed E-state index contributed by atoms with van der Waals surface area (Å²) in [4.78, 5) is 15.5. The Morgan fingerprint density at radius 3 is 2.75 bits per heavy atom. The summed E-state index contributed by atoms with van der Waals surface area (Å²) >= 11 is 0. The van der Waals surface area contributed by atoms with E-state index >= 15 is 0 Å². The molecule has 134 valence electrons. The predicted molar refractivity (Wildman–Crippen MR) is 101 cm³/mol. The van der Waals surface area contributed by atoms with Crippen LogP contribution in [0.5, 0.6) is 0 Å². The van der Waals surface area contributed by atoms with Gasteiger partial charge in [0.25, 0.3) is 0 Å². The summed E-state index contributed by atoms with van der Waals surface area (Å²) < 4.78 is 0. The van der Waals surface area contributed by atoms with Crippen molar-refractivity contribution >= 4 is 18.3 Å². The number of aryl methyl sites for hydroxylation is 1. The van der Waals surface area contributed by atoms with Gasteiger partial charge >= 0.3 is 0 Å². The van der Waals surface area contributed by atoms with E-state index in [-0.39, 0.29) is 24.4 Å². The van der Waals surface area contributed by atoms with Gasteiger partial charge in [0.2, 0.25) is 5.91 Å². The first-order valence-corrected chi connectivity index (χ1v) is 9.28. The molecule has 1 heterocycles. The number of nitrogens with two attached hydrogens (primary N) is 1. The number of hydrogen-bond donors (Lipinski definition) is 1. The molecule has 3 atom stereocenters. The van der Waals surface area contributed by atoms with Crippen LogP contribution in [0.1, 0.15) is 62.1 Å². The van der Waals surface area contributed by atoms with E-state index in [0.29, 0.717) is 18.4 Å². The van der Waals surface area contributed by atoms with E-state index in [1.807, 2.05) is 0 Å². The van der Waals surface area contributed by atoms with Crippen LogP contribution in [0.2, 0.25) is 0 Å². The Labute approximate surface area is 152 Å². The maximum absolute atomic E-state index is 13.3. The maximum atomic E-state index is 13.3. The van der Waals surface area contributed by atoms with Gasteiger partial charge in [-0.1, -0.05) is 49.1 Å². The van der Waals surface area contributed by atoms with Crippen LogP contribution in [0.25, 0.3) is 0 Å². The summed E-state index contributed by atoms with van der Waals surface area (Å²) in [6, 6.07) is 8.96. The van der Waals surface area contributed by atoms with Crippen molar-refractivity contribution in [1.29, 1.82) is 0 Å². The molecule has 0 spiro atoms. The zero-order valence-corrected chi connectivity index (χ0v) is 15.6. The fourth-order valence-corrected chi connectivity index (χ4v) is 4.45. The lowest BCUT2D eigenvalue weighted by molar-refractivity contribution is -0.139. The highest BCUT2D eigenvalue weighted by Crippen LogP contribution is 2.37. The highest BCUT2D eigenvalue weighted by atomic mass is 35.5. The summed E-state index contributed by atoms with van der Waals surface area (Å²) in [7, 11) is 0. The minimum Gasteiger partial charge on any atom is -0.335 e. The fourth-order valence-electron chi connectivity index (χ4n) is 4.45. The lowest BCUT2D eigenvalue weighted by Crippen LogP contribution is -2.41. The second-order valence-electron chi connectivity index (χ2n) is 7.34. The minimum atomic E-state index is 0. The quantitative estimate of drug-likeness (QED) is 0.886. The number of carbonyl (C=O) groups excluding carboxylic acids is 1. The zero-order chi connectivity index (χ0) is 16.2. The van der Waals surface area contributed by atoms with Crippen LogP contribution in [0.4, 0.5) is 0 Å². The molecule has 4 heteroatoms. The summed E-state index contributed by atoms with van der Waals surface area (Å²) in [5.41, 5.74) is 8.50. The van der Waals surface area contributed by atoms with E-state index in [9.17, 15) is 4.79 Å². The average molecular weight is 351 g/mol. The Morgan fingerprint density at radius 1 is 1.17 bits per heavy atom.